The average Bonchev–Trinajstić information content (AvgIpc) is 3.33. The molecule has 0 saturated carbocycles. The summed E-state index contributed by atoms with van der Waals surface area (Å²) in [6.45, 7) is 7.69. The van der Waals surface area contributed by atoms with Gasteiger partial charge in [0.1, 0.15) is 0 Å². The fourth-order valence-electron chi connectivity index (χ4n) is 3.40. The molecular formula is C17H24N6S2. The molecule has 1 fully saturated rings. The lowest BCUT2D eigenvalue weighted by atomic mass is 10.1. The zero-order valence-corrected chi connectivity index (χ0v) is 15.9. The van der Waals surface area contributed by atoms with Gasteiger partial charge in [-0.25, -0.2) is 4.98 Å². The van der Waals surface area contributed by atoms with Gasteiger partial charge in [0.2, 0.25) is 0 Å². The van der Waals surface area contributed by atoms with Crippen molar-refractivity contribution >= 4 is 33.8 Å². The summed E-state index contributed by atoms with van der Waals surface area (Å²) in [6, 6.07) is 2.26. The molecule has 2 aliphatic heterocycles. The minimum atomic E-state index is 0.687. The molecule has 0 amide bonds. The van der Waals surface area contributed by atoms with Crippen molar-refractivity contribution in [1.82, 2.24) is 14.8 Å². The van der Waals surface area contributed by atoms with Crippen LogP contribution in [0.3, 0.4) is 0 Å². The monoisotopic (exact) mass is 376 g/mol. The molecule has 4 rings (SSSR count). The molecule has 0 bridgehead atoms. The molecular weight excluding hydrogens is 352 g/mol. The zero-order chi connectivity index (χ0) is 17.1. The second-order valence-electron chi connectivity index (χ2n) is 6.42. The molecule has 2 aromatic heterocycles. The van der Waals surface area contributed by atoms with E-state index in [0.717, 1.165) is 57.5 Å². The summed E-state index contributed by atoms with van der Waals surface area (Å²) >= 11 is 3.58. The zero-order valence-electron chi connectivity index (χ0n) is 14.3. The van der Waals surface area contributed by atoms with Gasteiger partial charge in [0, 0.05) is 62.3 Å². The van der Waals surface area contributed by atoms with Crippen molar-refractivity contribution in [1.29, 1.82) is 0 Å². The number of anilines is 1. The quantitative estimate of drug-likeness (QED) is 0.650. The Morgan fingerprint density at radius 2 is 2.04 bits per heavy atom. The van der Waals surface area contributed by atoms with Crippen LogP contribution in [0.15, 0.2) is 28.0 Å². The minimum Gasteiger partial charge on any atom is -0.370 e. The molecule has 6 nitrogen and oxygen atoms in total. The topological polar surface area (TPSA) is 61.0 Å². The largest absolute Gasteiger partial charge is 0.370 e. The van der Waals surface area contributed by atoms with Crippen molar-refractivity contribution in [2.75, 3.05) is 50.7 Å². The van der Waals surface area contributed by atoms with Gasteiger partial charge in [-0.05, 0) is 23.4 Å². The number of guanidine groups is 1. The number of rotatable bonds is 4. The predicted molar refractivity (Wildman–Crippen MR) is 106 cm³/mol. The maximum absolute atomic E-state index is 6.22. The Morgan fingerprint density at radius 1 is 1.16 bits per heavy atom. The van der Waals surface area contributed by atoms with E-state index in [2.05, 4.69) is 36.1 Å². The first-order valence-electron chi connectivity index (χ1n) is 8.76. The van der Waals surface area contributed by atoms with E-state index >= 15 is 0 Å². The number of piperazine rings is 1. The second-order valence-corrected chi connectivity index (χ2v) is 8.30. The Kier molecular flexibility index (Phi) is 5.19. The highest BCUT2D eigenvalue weighted by atomic mass is 32.1. The standard InChI is InChI=1S/C17H24N6S2/c18-16(22-7-9-23(10-8-22)17-20-4-12-25-17)19-3-6-21-5-1-15-14(13-21)2-11-24-15/h2,4,11-12H,1,3,5-10,13H2,(H2,18,19). The van der Waals surface area contributed by atoms with Crippen LogP contribution >= 0.6 is 22.7 Å². The van der Waals surface area contributed by atoms with E-state index in [1.807, 2.05) is 22.9 Å². The normalized spacial score (nSPS) is 19.3. The fourth-order valence-corrected chi connectivity index (χ4v) is 4.99. The van der Waals surface area contributed by atoms with Crippen molar-refractivity contribution in [3.8, 4) is 0 Å². The molecule has 8 heteroatoms. The van der Waals surface area contributed by atoms with E-state index in [-0.39, 0.29) is 0 Å². The smallest absolute Gasteiger partial charge is 0.191 e. The van der Waals surface area contributed by atoms with Crippen molar-refractivity contribution in [3.63, 3.8) is 0 Å². The van der Waals surface area contributed by atoms with Crippen LogP contribution in [0.4, 0.5) is 5.13 Å². The van der Waals surface area contributed by atoms with Gasteiger partial charge in [-0.2, -0.15) is 0 Å². The van der Waals surface area contributed by atoms with E-state index in [9.17, 15) is 0 Å². The molecule has 2 aliphatic rings. The van der Waals surface area contributed by atoms with E-state index < -0.39 is 0 Å². The van der Waals surface area contributed by atoms with Gasteiger partial charge < -0.3 is 15.5 Å². The van der Waals surface area contributed by atoms with Crippen LogP contribution in [-0.4, -0.2) is 66.6 Å². The highest BCUT2D eigenvalue weighted by molar-refractivity contribution is 7.13. The third-order valence-corrected chi connectivity index (χ3v) is 6.73. The van der Waals surface area contributed by atoms with Gasteiger partial charge in [0.15, 0.2) is 11.1 Å². The Bertz CT molecular complexity index is 703. The van der Waals surface area contributed by atoms with Crippen LogP contribution in [0.5, 0.6) is 0 Å². The first-order valence-corrected chi connectivity index (χ1v) is 10.5. The van der Waals surface area contributed by atoms with Crippen molar-refractivity contribution in [3.05, 3.63) is 33.5 Å². The highest BCUT2D eigenvalue weighted by Crippen LogP contribution is 2.23. The number of fused-ring (bicyclic) bond motifs is 1. The lowest BCUT2D eigenvalue weighted by Crippen LogP contribution is -2.51. The fraction of sp³-hybridized carbons (Fsp3) is 0.529. The van der Waals surface area contributed by atoms with Crippen LogP contribution in [0.1, 0.15) is 10.4 Å². The maximum atomic E-state index is 6.22. The van der Waals surface area contributed by atoms with Crippen LogP contribution in [0.2, 0.25) is 0 Å². The van der Waals surface area contributed by atoms with Gasteiger partial charge in [-0.15, -0.1) is 22.7 Å². The van der Waals surface area contributed by atoms with Crippen molar-refractivity contribution in [2.45, 2.75) is 13.0 Å². The molecule has 1 saturated heterocycles. The minimum absolute atomic E-state index is 0.687. The lowest BCUT2D eigenvalue weighted by molar-refractivity contribution is 0.263. The highest BCUT2D eigenvalue weighted by Gasteiger charge is 2.20. The molecule has 0 atom stereocenters. The molecule has 0 aromatic carbocycles. The van der Waals surface area contributed by atoms with Gasteiger partial charge in [0.25, 0.3) is 0 Å². The van der Waals surface area contributed by atoms with Crippen molar-refractivity contribution in [2.24, 2.45) is 10.7 Å². The van der Waals surface area contributed by atoms with Crippen molar-refractivity contribution < 1.29 is 0 Å². The summed E-state index contributed by atoms with van der Waals surface area (Å²) in [7, 11) is 0. The Morgan fingerprint density at radius 3 is 2.84 bits per heavy atom. The SMILES string of the molecule is NC(=NCCN1CCc2sccc2C1)N1CCN(c2nccs2)CC1. The summed E-state index contributed by atoms with van der Waals surface area (Å²) in [4.78, 5) is 17.5. The van der Waals surface area contributed by atoms with Gasteiger partial charge >= 0.3 is 0 Å². The Labute approximate surface area is 156 Å². The molecule has 2 aromatic rings. The summed E-state index contributed by atoms with van der Waals surface area (Å²) in [5, 5.41) is 5.33. The van der Waals surface area contributed by atoms with Crippen LogP contribution in [0.25, 0.3) is 0 Å². The molecule has 0 radical (unpaired) electrons. The molecule has 0 aliphatic carbocycles. The first-order chi connectivity index (χ1) is 12.3. The summed E-state index contributed by atoms with van der Waals surface area (Å²) in [6.07, 6.45) is 3.03. The van der Waals surface area contributed by atoms with Gasteiger partial charge in [-0.3, -0.25) is 9.89 Å². The van der Waals surface area contributed by atoms with E-state index in [0.29, 0.717) is 5.96 Å². The second kappa shape index (κ2) is 7.72. The average molecular weight is 377 g/mol. The molecule has 134 valence electrons. The number of aromatic nitrogens is 1. The van der Waals surface area contributed by atoms with Crippen LogP contribution in [-0.2, 0) is 13.0 Å². The number of thiophene rings is 1. The number of hydrogen-bond acceptors (Lipinski definition) is 6. The summed E-state index contributed by atoms with van der Waals surface area (Å²) < 4.78 is 0. The maximum Gasteiger partial charge on any atom is 0.191 e. The van der Waals surface area contributed by atoms with Gasteiger partial charge in [-0.1, -0.05) is 0 Å². The number of hydrogen-bond donors (Lipinski definition) is 1. The van der Waals surface area contributed by atoms with E-state index in [4.69, 9.17) is 5.73 Å². The van der Waals surface area contributed by atoms with Crippen LogP contribution in [0, 0.1) is 0 Å². The van der Waals surface area contributed by atoms with Gasteiger partial charge in [0.05, 0.1) is 6.54 Å². The first kappa shape index (κ1) is 16.8. The third kappa shape index (κ3) is 3.96. The molecule has 0 unspecified atom stereocenters. The van der Waals surface area contributed by atoms with Crippen LogP contribution < -0.4 is 10.6 Å². The predicted octanol–water partition coefficient (Wildman–Crippen LogP) is 1.70. The molecule has 4 heterocycles. The number of aliphatic imine (C=N–C) groups is 1. The van der Waals surface area contributed by atoms with E-state index in [1.54, 1.807) is 16.2 Å². The summed E-state index contributed by atoms with van der Waals surface area (Å²) in [5.74, 6) is 0.687. The number of thiazole rings is 1. The third-order valence-electron chi connectivity index (χ3n) is 4.87. The Hall–Kier alpha value is -1.64. The molecule has 0 spiro atoms. The van der Waals surface area contributed by atoms with E-state index in [1.165, 1.54) is 12.0 Å². The molecule has 25 heavy (non-hydrogen) atoms. The molecule has 2 N–H and O–H groups in total. The number of nitrogens with two attached hydrogens (primary N) is 1. The summed E-state index contributed by atoms with van der Waals surface area (Å²) in [5.41, 5.74) is 7.71. The Balaban J connectivity index is 1.23. The number of nitrogens with zero attached hydrogens (tertiary/aromatic N) is 5. The lowest BCUT2D eigenvalue weighted by Gasteiger charge is -2.35.